The van der Waals surface area contributed by atoms with E-state index in [1.807, 2.05) is 9.80 Å². The molecule has 32 heavy (non-hydrogen) atoms. The maximum Gasteiger partial charge on any atom is 0.222 e. The summed E-state index contributed by atoms with van der Waals surface area (Å²) in [6.07, 6.45) is 6.65. The summed E-state index contributed by atoms with van der Waals surface area (Å²) >= 11 is 0. The van der Waals surface area contributed by atoms with Gasteiger partial charge >= 0.3 is 0 Å². The quantitative estimate of drug-likeness (QED) is 0.202. The van der Waals surface area contributed by atoms with Crippen molar-refractivity contribution in [3.8, 4) is 0 Å². The lowest BCUT2D eigenvalue weighted by Gasteiger charge is -2.35. The van der Waals surface area contributed by atoms with E-state index in [0.717, 1.165) is 57.3 Å². The lowest BCUT2D eigenvalue weighted by atomic mass is 10.00. The zero-order chi connectivity index (χ0) is 22.6. The molecule has 2 heterocycles. The summed E-state index contributed by atoms with van der Waals surface area (Å²) in [5.41, 5.74) is 0. The molecular formula is C24H46IN5O2. The summed E-state index contributed by atoms with van der Waals surface area (Å²) in [6, 6.07) is 0. The Morgan fingerprint density at radius 2 is 1.50 bits per heavy atom. The van der Waals surface area contributed by atoms with Gasteiger partial charge in [0.1, 0.15) is 0 Å². The van der Waals surface area contributed by atoms with E-state index in [1.54, 1.807) is 0 Å². The van der Waals surface area contributed by atoms with E-state index in [4.69, 9.17) is 4.99 Å². The predicted octanol–water partition coefficient (Wildman–Crippen LogP) is 3.58. The summed E-state index contributed by atoms with van der Waals surface area (Å²) in [5.74, 6) is 2.71. The number of nitrogens with one attached hydrogen (secondary N) is 1. The zero-order valence-electron chi connectivity index (χ0n) is 20.8. The van der Waals surface area contributed by atoms with Gasteiger partial charge in [0.25, 0.3) is 0 Å². The minimum atomic E-state index is 0. The fraction of sp³-hybridized carbons (Fsp3) is 0.875. The molecule has 2 amide bonds. The Balaban J connectivity index is 0.00000512. The van der Waals surface area contributed by atoms with Crippen molar-refractivity contribution in [2.75, 3.05) is 52.4 Å². The van der Waals surface area contributed by atoms with E-state index in [9.17, 15) is 9.59 Å². The standard InChI is InChI=1S/C24H45N5O2.HI/c1-5-25-24(29-13-10-21(4)11-14-29)26-12-8-6-7-9-22(30)27-15-17-28(18-16-27)23(31)19-20(2)3;/h20-21H,5-19H2,1-4H3,(H,25,26);1H. The van der Waals surface area contributed by atoms with E-state index in [2.05, 4.69) is 37.9 Å². The third kappa shape index (κ3) is 10.3. The first-order valence-electron chi connectivity index (χ1n) is 12.5. The van der Waals surface area contributed by atoms with E-state index in [0.29, 0.717) is 44.9 Å². The van der Waals surface area contributed by atoms with Gasteiger partial charge in [-0.15, -0.1) is 24.0 Å². The number of unbranched alkanes of at least 4 members (excludes halogenated alkanes) is 2. The van der Waals surface area contributed by atoms with Gasteiger partial charge in [-0.3, -0.25) is 14.6 Å². The molecule has 0 aromatic carbocycles. The summed E-state index contributed by atoms with van der Waals surface area (Å²) < 4.78 is 0. The van der Waals surface area contributed by atoms with Gasteiger partial charge in [-0.1, -0.05) is 27.2 Å². The highest BCUT2D eigenvalue weighted by molar-refractivity contribution is 14.0. The van der Waals surface area contributed by atoms with Gasteiger partial charge in [0.05, 0.1) is 0 Å². The molecular weight excluding hydrogens is 517 g/mol. The van der Waals surface area contributed by atoms with Crippen LogP contribution in [0.5, 0.6) is 0 Å². The molecule has 0 atom stereocenters. The third-order valence-corrected chi connectivity index (χ3v) is 6.30. The van der Waals surface area contributed by atoms with Gasteiger partial charge in [-0.2, -0.15) is 0 Å². The number of carbonyl (C=O) groups excluding carboxylic acids is 2. The molecule has 0 aromatic heterocycles. The van der Waals surface area contributed by atoms with Crippen LogP contribution in [0.3, 0.4) is 0 Å². The van der Waals surface area contributed by atoms with Crippen molar-refractivity contribution >= 4 is 41.8 Å². The molecule has 2 aliphatic heterocycles. The number of likely N-dealkylation sites (tertiary alicyclic amines) is 1. The van der Waals surface area contributed by atoms with Crippen LogP contribution in [0.15, 0.2) is 4.99 Å². The van der Waals surface area contributed by atoms with Gasteiger partial charge in [0.2, 0.25) is 11.8 Å². The second kappa shape index (κ2) is 15.7. The minimum absolute atomic E-state index is 0. The van der Waals surface area contributed by atoms with Crippen LogP contribution in [-0.2, 0) is 9.59 Å². The van der Waals surface area contributed by atoms with Crippen LogP contribution in [0, 0.1) is 11.8 Å². The minimum Gasteiger partial charge on any atom is -0.357 e. The van der Waals surface area contributed by atoms with Gasteiger partial charge < -0.3 is 20.0 Å². The van der Waals surface area contributed by atoms with Gasteiger partial charge in [0, 0.05) is 65.2 Å². The molecule has 0 unspecified atom stereocenters. The fourth-order valence-corrected chi connectivity index (χ4v) is 4.24. The summed E-state index contributed by atoms with van der Waals surface area (Å²) in [5, 5.41) is 3.43. The first kappa shape index (κ1) is 29.0. The van der Waals surface area contributed by atoms with E-state index in [1.165, 1.54) is 12.8 Å². The van der Waals surface area contributed by atoms with Gasteiger partial charge in [-0.05, 0) is 44.4 Å². The van der Waals surface area contributed by atoms with Crippen molar-refractivity contribution in [3.63, 3.8) is 0 Å². The number of guanidine groups is 1. The number of hydrogen-bond acceptors (Lipinski definition) is 3. The predicted molar refractivity (Wildman–Crippen MR) is 142 cm³/mol. The molecule has 7 nitrogen and oxygen atoms in total. The number of carbonyl (C=O) groups is 2. The molecule has 2 saturated heterocycles. The Kier molecular flexibility index (Phi) is 14.2. The SMILES string of the molecule is CCNC(=NCCCCCC(=O)N1CCN(C(=O)CC(C)C)CC1)N1CCC(C)CC1.I. The molecule has 2 fully saturated rings. The smallest absolute Gasteiger partial charge is 0.222 e. The topological polar surface area (TPSA) is 68.2 Å². The average Bonchev–Trinajstić information content (AvgIpc) is 2.75. The summed E-state index contributed by atoms with van der Waals surface area (Å²) in [7, 11) is 0. The molecule has 1 N–H and O–H groups in total. The molecule has 2 aliphatic rings. The average molecular weight is 564 g/mol. The monoisotopic (exact) mass is 563 g/mol. The van der Waals surface area contributed by atoms with Crippen LogP contribution in [0.25, 0.3) is 0 Å². The Hall–Kier alpha value is -1.06. The number of amides is 2. The molecule has 0 spiro atoms. The Bertz CT molecular complexity index is 583. The zero-order valence-corrected chi connectivity index (χ0v) is 23.1. The first-order chi connectivity index (χ1) is 14.9. The molecule has 186 valence electrons. The van der Waals surface area contributed by atoms with Crippen molar-refractivity contribution < 1.29 is 9.59 Å². The van der Waals surface area contributed by atoms with Crippen LogP contribution in [0.4, 0.5) is 0 Å². The number of aliphatic imine (C=N–C) groups is 1. The maximum absolute atomic E-state index is 12.5. The third-order valence-electron chi connectivity index (χ3n) is 6.30. The highest BCUT2D eigenvalue weighted by atomic mass is 127. The van der Waals surface area contributed by atoms with Crippen molar-refractivity contribution in [2.45, 2.75) is 72.6 Å². The lowest BCUT2D eigenvalue weighted by Crippen LogP contribution is -2.50. The second-order valence-electron chi connectivity index (χ2n) is 9.58. The number of nitrogens with zero attached hydrogens (tertiary/aromatic N) is 4. The number of piperazine rings is 1. The lowest BCUT2D eigenvalue weighted by molar-refractivity contribution is -0.140. The highest BCUT2D eigenvalue weighted by Crippen LogP contribution is 2.16. The van der Waals surface area contributed by atoms with Gasteiger partial charge in [-0.25, -0.2) is 0 Å². The largest absolute Gasteiger partial charge is 0.357 e. The number of hydrogen-bond donors (Lipinski definition) is 1. The van der Waals surface area contributed by atoms with Crippen LogP contribution < -0.4 is 5.32 Å². The molecule has 8 heteroatoms. The van der Waals surface area contributed by atoms with E-state index >= 15 is 0 Å². The van der Waals surface area contributed by atoms with Crippen molar-refractivity contribution in [1.29, 1.82) is 0 Å². The molecule has 0 aliphatic carbocycles. The van der Waals surface area contributed by atoms with Crippen molar-refractivity contribution in [1.82, 2.24) is 20.0 Å². The normalized spacial score (nSPS) is 18.0. The number of halogens is 1. The number of rotatable bonds is 9. The Morgan fingerprint density at radius 3 is 2.06 bits per heavy atom. The Labute approximate surface area is 212 Å². The van der Waals surface area contributed by atoms with Crippen LogP contribution in [0.1, 0.15) is 72.6 Å². The highest BCUT2D eigenvalue weighted by Gasteiger charge is 2.24. The molecule has 0 aromatic rings. The number of piperidine rings is 1. The second-order valence-corrected chi connectivity index (χ2v) is 9.58. The van der Waals surface area contributed by atoms with Crippen molar-refractivity contribution in [3.05, 3.63) is 0 Å². The fourth-order valence-electron chi connectivity index (χ4n) is 4.24. The van der Waals surface area contributed by atoms with E-state index in [-0.39, 0.29) is 35.8 Å². The summed E-state index contributed by atoms with van der Waals surface area (Å²) in [4.78, 5) is 35.7. The molecule has 0 radical (unpaired) electrons. The first-order valence-corrected chi connectivity index (χ1v) is 12.5. The van der Waals surface area contributed by atoms with Crippen LogP contribution in [0.2, 0.25) is 0 Å². The Morgan fingerprint density at radius 1 is 0.906 bits per heavy atom. The molecule has 0 bridgehead atoms. The summed E-state index contributed by atoms with van der Waals surface area (Å²) in [6.45, 7) is 15.2. The molecule has 0 saturated carbocycles. The van der Waals surface area contributed by atoms with Gasteiger partial charge in [0.15, 0.2) is 5.96 Å². The van der Waals surface area contributed by atoms with Crippen LogP contribution in [-0.4, -0.2) is 84.8 Å². The van der Waals surface area contributed by atoms with Crippen LogP contribution >= 0.6 is 24.0 Å². The van der Waals surface area contributed by atoms with Crippen molar-refractivity contribution in [2.24, 2.45) is 16.8 Å². The van der Waals surface area contributed by atoms with E-state index < -0.39 is 0 Å². The molecule has 2 rings (SSSR count). The maximum atomic E-state index is 12.5.